The zero-order valence-corrected chi connectivity index (χ0v) is 14.4. The van der Waals surface area contributed by atoms with Crippen LogP contribution in [0.2, 0.25) is 0 Å². The van der Waals surface area contributed by atoms with Crippen LogP contribution < -0.4 is 5.56 Å². The number of benzene rings is 1. The zero-order chi connectivity index (χ0) is 18.3. The number of fused-ring (bicyclic) bond motifs is 1. The molecular weight excluding hydrogens is 335 g/mol. The second kappa shape index (κ2) is 6.21. The highest BCUT2D eigenvalue weighted by Crippen LogP contribution is 2.24. The van der Waals surface area contributed by atoms with Gasteiger partial charge in [0.05, 0.1) is 11.8 Å². The third kappa shape index (κ3) is 2.69. The highest BCUT2D eigenvalue weighted by molar-refractivity contribution is 5.78. The molecule has 0 saturated heterocycles. The minimum absolute atomic E-state index is 0.292. The van der Waals surface area contributed by atoms with Gasteiger partial charge >= 0.3 is 0 Å². The first kappa shape index (κ1) is 16.2. The summed E-state index contributed by atoms with van der Waals surface area (Å²) in [6.45, 7) is 2.66. The van der Waals surface area contributed by atoms with Crippen LogP contribution in [-0.2, 0) is 13.6 Å². The fraction of sp³-hybridized carbons (Fsp3) is 0.222. The van der Waals surface area contributed by atoms with Gasteiger partial charge in [-0.05, 0) is 18.6 Å². The van der Waals surface area contributed by atoms with Gasteiger partial charge in [-0.1, -0.05) is 19.1 Å². The number of aromatic nitrogens is 6. The molecule has 0 bridgehead atoms. The van der Waals surface area contributed by atoms with E-state index in [1.54, 1.807) is 23.0 Å². The van der Waals surface area contributed by atoms with Gasteiger partial charge in [0.1, 0.15) is 17.5 Å². The lowest BCUT2D eigenvalue weighted by Crippen LogP contribution is -2.14. The van der Waals surface area contributed by atoms with Crippen molar-refractivity contribution < 1.29 is 4.39 Å². The molecule has 132 valence electrons. The Morgan fingerprint density at radius 1 is 1.23 bits per heavy atom. The average Bonchev–Trinajstić information content (AvgIpc) is 3.19. The first-order chi connectivity index (χ1) is 12.6. The van der Waals surface area contributed by atoms with E-state index in [2.05, 4.69) is 20.1 Å². The third-order valence-electron chi connectivity index (χ3n) is 4.12. The first-order valence-corrected chi connectivity index (χ1v) is 8.32. The van der Waals surface area contributed by atoms with Crippen LogP contribution in [0.25, 0.3) is 33.9 Å². The number of imidazole rings is 1. The summed E-state index contributed by atoms with van der Waals surface area (Å²) in [6.07, 6.45) is 4.38. The van der Waals surface area contributed by atoms with Crippen molar-refractivity contribution in [3.63, 3.8) is 0 Å². The summed E-state index contributed by atoms with van der Waals surface area (Å²) >= 11 is 0. The summed E-state index contributed by atoms with van der Waals surface area (Å²) in [5, 5.41) is 4.18. The van der Waals surface area contributed by atoms with Crippen molar-refractivity contribution in [2.45, 2.75) is 19.9 Å². The van der Waals surface area contributed by atoms with Crippen molar-refractivity contribution in [3.8, 4) is 22.8 Å². The van der Waals surface area contributed by atoms with E-state index >= 15 is 0 Å². The molecule has 0 aliphatic carbocycles. The van der Waals surface area contributed by atoms with E-state index in [0.717, 1.165) is 12.0 Å². The molecule has 0 atom stereocenters. The molecule has 26 heavy (non-hydrogen) atoms. The Morgan fingerprint density at radius 2 is 2.08 bits per heavy atom. The number of aryl methyl sites for hydroxylation is 2. The number of halogens is 1. The molecule has 0 saturated carbocycles. The number of hydrogen-bond acceptors (Lipinski definition) is 4. The van der Waals surface area contributed by atoms with Crippen LogP contribution >= 0.6 is 0 Å². The maximum atomic E-state index is 13.5. The molecule has 1 N–H and O–H groups in total. The Morgan fingerprint density at radius 3 is 2.77 bits per heavy atom. The maximum absolute atomic E-state index is 13.5. The van der Waals surface area contributed by atoms with E-state index in [4.69, 9.17) is 0 Å². The van der Waals surface area contributed by atoms with Crippen molar-refractivity contribution in [2.75, 3.05) is 0 Å². The molecule has 0 radical (unpaired) electrons. The number of nitrogens with zero attached hydrogens (tertiary/aromatic N) is 5. The lowest BCUT2D eigenvalue weighted by atomic mass is 10.2. The molecule has 0 spiro atoms. The molecule has 4 aromatic rings. The second-order valence-corrected chi connectivity index (χ2v) is 6.09. The van der Waals surface area contributed by atoms with Crippen LogP contribution in [0, 0.1) is 5.82 Å². The standard InChI is InChI=1S/C18H17FN6O/c1-3-7-25-14-16(22-17(25)12-9-20-24(2)10-12)21-15(23-18(14)26)11-5-4-6-13(19)8-11/h4-6,8-10H,3,7H2,1-2H3,(H,21,23,26). The van der Waals surface area contributed by atoms with E-state index in [0.29, 0.717) is 34.9 Å². The third-order valence-corrected chi connectivity index (χ3v) is 4.12. The minimum Gasteiger partial charge on any atom is -0.318 e. The monoisotopic (exact) mass is 352 g/mol. The largest absolute Gasteiger partial charge is 0.318 e. The zero-order valence-electron chi connectivity index (χ0n) is 14.4. The van der Waals surface area contributed by atoms with Crippen molar-refractivity contribution in [2.24, 2.45) is 7.05 Å². The SMILES string of the molecule is CCCn1c(-c2cnn(C)c2)nc2nc(-c3cccc(F)c3)[nH]c(=O)c21. The Bertz CT molecular complexity index is 1160. The number of nitrogens with one attached hydrogen (secondary N) is 1. The van der Waals surface area contributed by atoms with Gasteiger partial charge in [0.2, 0.25) is 0 Å². The summed E-state index contributed by atoms with van der Waals surface area (Å²) in [6, 6.07) is 5.94. The van der Waals surface area contributed by atoms with Crippen molar-refractivity contribution in [1.82, 2.24) is 29.3 Å². The fourth-order valence-electron chi connectivity index (χ4n) is 3.01. The van der Waals surface area contributed by atoms with E-state index in [9.17, 15) is 9.18 Å². The van der Waals surface area contributed by atoms with Gasteiger partial charge in [0, 0.05) is 25.4 Å². The van der Waals surface area contributed by atoms with E-state index < -0.39 is 5.82 Å². The van der Waals surface area contributed by atoms with Gasteiger partial charge in [0.15, 0.2) is 11.2 Å². The molecule has 8 heteroatoms. The number of H-pyrrole nitrogens is 1. The van der Waals surface area contributed by atoms with Gasteiger partial charge < -0.3 is 9.55 Å². The average molecular weight is 352 g/mol. The Hall–Kier alpha value is -3.29. The number of hydrogen-bond donors (Lipinski definition) is 1. The van der Waals surface area contributed by atoms with Gasteiger partial charge in [0.25, 0.3) is 5.56 Å². The van der Waals surface area contributed by atoms with Crippen LogP contribution in [0.1, 0.15) is 13.3 Å². The summed E-state index contributed by atoms with van der Waals surface area (Å²) in [5.41, 5.74) is 1.75. The van der Waals surface area contributed by atoms with Crippen LogP contribution in [0.3, 0.4) is 0 Å². The van der Waals surface area contributed by atoms with Crippen LogP contribution in [-0.4, -0.2) is 29.3 Å². The lowest BCUT2D eigenvalue weighted by Gasteiger charge is -2.05. The van der Waals surface area contributed by atoms with Crippen LogP contribution in [0.15, 0.2) is 41.5 Å². The van der Waals surface area contributed by atoms with Crippen molar-refractivity contribution in [3.05, 3.63) is 52.8 Å². The minimum atomic E-state index is -0.391. The fourth-order valence-corrected chi connectivity index (χ4v) is 3.01. The lowest BCUT2D eigenvalue weighted by molar-refractivity contribution is 0.628. The van der Waals surface area contributed by atoms with Crippen molar-refractivity contribution >= 4 is 11.2 Å². The molecule has 3 aromatic heterocycles. The van der Waals surface area contributed by atoms with E-state index in [-0.39, 0.29) is 5.56 Å². The summed E-state index contributed by atoms with van der Waals surface area (Å²) in [7, 11) is 1.82. The smallest absolute Gasteiger partial charge is 0.277 e. The highest BCUT2D eigenvalue weighted by Gasteiger charge is 2.18. The quantitative estimate of drug-likeness (QED) is 0.612. The highest BCUT2D eigenvalue weighted by atomic mass is 19.1. The second-order valence-electron chi connectivity index (χ2n) is 6.09. The molecule has 1 aromatic carbocycles. The molecule has 0 aliphatic heterocycles. The Labute approximate surface area is 148 Å². The molecule has 4 rings (SSSR count). The topological polar surface area (TPSA) is 81.4 Å². The molecule has 3 heterocycles. The van der Waals surface area contributed by atoms with Gasteiger partial charge in [-0.2, -0.15) is 5.10 Å². The number of aromatic amines is 1. The van der Waals surface area contributed by atoms with E-state index in [1.807, 2.05) is 24.7 Å². The molecular formula is C18H17FN6O. The number of rotatable bonds is 4. The summed E-state index contributed by atoms with van der Waals surface area (Å²) in [5.74, 6) is 0.544. The van der Waals surface area contributed by atoms with Gasteiger partial charge in [-0.15, -0.1) is 0 Å². The molecule has 7 nitrogen and oxygen atoms in total. The normalized spacial score (nSPS) is 11.3. The Kier molecular flexibility index (Phi) is 3.87. The van der Waals surface area contributed by atoms with Gasteiger partial charge in [-0.25, -0.2) is 14.4 Å². The summed E-state index contributed by atoms with van der Waals surface area (Å²) < 4.78 is 17.0. The van der Waals surface area contributed by atoms with Crippen LogP contribution in [0.5, 0.6) is 0 Å². The van der Waals surface area contributed by atoms with Gasteiger partial charge in [-0.3, -0.25) is 9.48 Å². The maximum Gasteiger partial charge on any atom is 0.277 e. The molecule has 0 amide bonds. The molecule has 0 fully saturated rings. The van der Waals surface area contributed by atoms with E-state index in [1.165, 1.54) is 12.1 Å². The molecule has 0 unspecified atom stereocenters. The van der Waals surface area contributed by atoms with Crippen LogP contribution in [0.4, 0.5) is 4.39 Å². The first-order valence-electron chi connectivity index (χ1n) is 8.32. The molecule has 0 aliphatic rings. The predicted molar refractivity (Wildman–Crippen MR) is 96.0 cm³/mol. The van der Waals surface area contributed by atoms with Crippen molar-refractivity contribution in [1.29, 1.82) is 0 Å². The summed E-state index contributed by atoms with van der Waals surface area (Å²) in [4.78, 5) is 24.5. The predicted octanol–water partition coefficient (Wildman–Crippen LogP) is 2.74. The Balaban J connectivity index is 1.96.